The van der Waals surface area contributed by atoms with Crippen LogP contribution in [0.25, 0.3) is 11.3 Å². The lowest BCUT2D eigenvalue weighted by atomic mass is 9.82. The van der Waals surface area contributed by atoms with Crippen molar-refractivity contribution in [2.45, 2.75) is 26.7 Å². The molecule has 0 saturated carbocycles. The third-order valence-electron chi connectivity index (χ3n) is 4.63. The van der Waals surface area contributed by atoms with Crippen molar-refractivity contribution in [2.24, 2.45) is 5.41 Å². The van der Waals surface area contributed by atoms with E-state index in [1.54, 1.807) is 17.0 Å². The second kappa shape index (κ2) is 6.03. The fourth-order valence-corrected chi connectivity index (χ4v) is 2.91. The Morgan fingerprint density at radius 1 is 1.04 bits per heavy atom. The van der Waals surface area contributed by atoms with E-state index in [1.165, 1.54) is 0 Å². The van der Waals surface area contributed by atoms with Gasteiger partial charge in [-0.15, -0.1) is 0 Å². The lowest BCUT2D eigenvalue weighted by molar-refractivity contribution is 0.0628. The lowest BCUT2D eigenvalue weighted by Gasteiger charge is -2.36. The molecule has 4 nitrogen and oxygen atoms in total. The molecule has 1 aromatic heterocycles. The second-order valence-corrected chi connectivity index (χ2v) is 6.94. The van der Waals surface area contributed by atoms with E-state index in [0.29, 0.717) is 13.1 Å². The van der Waals surface area contributed by atoms with Crippen LogP contribution in [0.2, 0.25) is 0 Å². The van der Waals surface area contributed by atoms with Gasteiger partial charge in [-0.1, -0.05) is 44.2 Å². The Morgan fingerprint density at radius 3 is 2.30 bits per heavy atom. The van der Waals surface area contributed by atoms with Crippen molar-refractivity contribution in [2.75, 3.05) is 13.1 Å². The first kappa shape index (κ1) is 15.5. The highest BCUT2D eigenvalue weighted by Crippen LogP contribution is 2.30. The van der Waals surface area contributed by atoms with Crippen molar-refractivity contribution < 1.29 is 4.79 Å². The molecule has 0 unspecified atom stereocenters. The normalized spacial score (nSPS) is 17.0. The van der Waals surface area contributed by atoms with Gasteiger partial charge >= 0.3 is 0 Å². The summed E-state index contributed by atoms with van der Waals surface area (Å²) in [6.45, 7) is 5.87. The van der Waals surface area contributed by atoms with Crippen LogP contribution in [0.15, 0.2) is 47.3 Å². The first-order chi connectivity index (χ1) is 11.0. The van der Waals surface area contributed by atoms with E-state index in [1.807, 2.05) is 30.3 Å². The zero-order valence-electron chi connectivity index (χ0n) is 13.6. The first-order valence-corrected chi connectivity index (χ1v) is 8.04. The second-order valence-electron chi connectivity index (χ2n) is 6.94. The summed E-state index contributed by atoms with van der Waals surface area (Å²) in [4.78, 5) is 29.5. The van der Waals surface area contributed by atoms with E-state index < -0.39 is 0 Å². The highest BCUT2D eigenvalue weighted by Gasteiger charge is 2.29. The van der Waals surface area contributed by atoms with Gasteiger partial charge in [0, 0.05) is 18.8 Å². The Balaban J connectivity index is 1.81. The molecule has 1 fully saturated rings. The number of carbonyl (C=O) groups is 1. The van der Waals surface area contributed by atoms with Crippen LogP contribution in [0.3, 0.4) is 0 Å². The van der Waals surface area contributed by atoms with Crippen molar-refractivity contribution in [3.8, 4) is 11.3 Å². The summed E-state index contributed by atoms with van der Waals surface area (Å²) in [6, 6.07) is 13.1. The average Bonchev–Trinajstić information content (AvgIpc) is 2.55. The van der Waals surface area contributed by atoms with Gasteiger partial charge in [0.05, 0.1) is 0 Å². The number of aromatic nitrogens is 1. The molecule has 1 N–H and O–H groups in total. The molecule has 1 aliphatic rings. The van der Waals surface area contributed by atoms with Gasteiger partial charge < -0.3 is 9.88 Å². The van der Waals surface area contributed by atoms with E-state index in [2.05, 4.69) is 18.8 Å². The molecule has 0 bridgehead atoms. The molecule has 0 spiro atoms. The van der Waals surface area contributed by atoms with Crippen molar-refractivity contribution in [1.29, 1.82) is 0 Å². The lowest BCUT2D eigenvalue weighted by Crippen LogP contribution is -2.42. The molecule has 2 heterocycles. The van der Waals surface area contributed by atoms with Gasteiger partial charge in [0.1, 0.15) is 5.56 Å². The topological polar surface area (TPSA) is 53.2 Å². The molecule has 4 heteroatoms. The van der Waals surface area contributed by atoms with Crippen molar-refractivity contribution in [1.82, 2.24) is 9.88 Å². The Bertz CT molecular complexity index is 752. The van der Waals surface area contributed by atoms with Gasteiger partial charge in [0.2, 0.25) is 0 Å². The molecular formula is C19H22N2O2. The highest BCUT2D eigenvalue weighted by atomic mass is 16.2. The summed E-state index contributed by atoms with van der Waals surface area (Å²) in [5, 5.41) is 0. The SMILES string of the molecule is CC1(C)CCN(C(=O)c2ccc(-c3ccccc3)[nH]c2=O)CC1. The minimum absolute atomic E-state index is 0.165. The zero-order chi connectivity index (χ0) is 16.4. The smallest absolute Gasteiger partial charge is 0.261 e. The number of carbonyl (C=O) groups excluding carboxylic acids is 1. The van der Waals surface area contributed by atoms with Crippen molar-refractivity contribution in [3.63, 3.8) is 0 Å². The Kier molecular flexibility index (Phi) is 4.07. The molecule has 0 atom stereocenters. The van der Waals surface area contributed by atoms with Crippen molar-refractivity contribution >= 4 is 5.91 Å². The highest BCUT2D eigenvalue weighted by molar-refractivity contribution is 5.94. The van der Waals surface area contributed by atoms with Gasteiger partial charge in [-0.2, -0.15) is 0 Å². The number of benzene rings is 1. The minimum atomic E-state index is -0.318. The van der Waals surface area contributed by atoms with E-state index in [0.717, 1.165) is 24.1 Å². The predicted molar refractivity (Wildman–Crippen MR) is 91.4 cm³/mol. The average molecular weight is 310 g/mol. The van der Waals surface area contributed by atoms with Crippen LogP contribution < -0.4 is 5.56 Å². The number of hydrogen-bond acceptors (Lipinski definition) is 2. The summed E-state index contributed by atoms with van der Waals surface area (Å²) in [7, 11) is 0. The molecule has 120 valence electrons. The zero-order valence-corrected chi connectivity index (χ0v) is 13.6. The van der Waals surface area contributed by atoms with E-state index in [9.17, 15) is 9.59 Å². The van der Waals surface area contributed by atoms with Crippen LogP contribution in [-0.4, -0.2) is 28.9 Å². The number of aromatic amines is 1. The number of piperidine rings is 1. The summed E-state index contributed by atoms with van der Waals surface area (Å²) in [5.74, 6) is -0.165. The number of rotatable bonds is 2. The molecule has 1 amide bonds. The molecule has 0 aliphatic carbocycles. The number of pyridine rings is 1. The largest absolute Gasteiger partial charge is 0.338 e. The Morgan fingerprint density at radius 2 is 1.70 bits per heavy atom. The Labute approximate surface area is 136 Å². The number of hydrogen-bond donors (Lipinski definition) is 1. The number of H-pyrrole nitrogens is 1. The van der Waals surface area contributed by atoms with Gasteiger partial charge in [-0.05, 0) is 36.0 Å². The van der Waals surface area contributed by atoms with Crippen LogP contribution in [0.1, 0.15) is 37.0 Å². The maximum atomic E-state index is 12.6. The van der Waals surface area contributed by atoms with Gasteiger partial charge in [-0.25, -0.2) is 0 Å². The summed E-state index contributed by atoms with van der Waals surface area (Å²) < 4.78 is 0. The van der Waals surface area contributed by atoms with Gasteiger partial charge in [0.25, 0.3) is 11.5 Å². The molecule has 0 radical (unpaired) electrons. The fourth-order valence-electron chi connectivity index (χ4n) is 2.91. The molecule has 2 aromatic rings. The van der Waals surface area contributed by atoms with Crippen LogP contribution >= 0.6 is 0 Å². The first-order valence-electron chi connectivity index (χ1n) is 8.04. The molecule has 23 heavy (non-hydrogen) atoms. The fraction of sp³-hybridized carbons (Fsp3) is 0.368. The van der Waals surface area contributed by atoms with Crippen LogP contribution in [-0.2, 0) is 0 Å². The van der Waals surface area contributed by atoms with E-state index in [4.69, 9.17) is 0 Å². The predicted octanol–water partition coefficient (Wildman–Crippen LogP) is 3.30. The van der Waals surface area contributed by atoms with Crippen molar-refractivity contribution in [3.05, 3.63) is 58.4 Å². The number of likely N-dealkylation sites (tertiary alicyclic amines) is 1. The van der Waals surface area contributed by atoms with Gasteiger partial charge in [-0.3, -0.25) is 9.59 Å². The van der Waals surface area contributed by atoms with E-state index >= 15 is 0 Å². The van der Waals surface area contributed by atoms with Crippen LogP contribution in [0.4, 0.5) is 0 Å². The quantitative estimate of drug-likeness (QED) is 0.925. The van der Waals surface area contributed by atoms with E-state index in [-0.39, 0.29) is 22.4 Å². The molecule has 1 saturated heterocycles. The standard InChI is InChI=1S/C19H22N2O2/c1-19(2)10-12-21(13-11-19)18(23)15-8-9-16(20-17(15)22)14-6-4-3-5-7-14/h3-9H,10-13H2,1-2H3,(H,20,22). The third kappa shape index (κ3) is 3.36. The summed E-state index contributed by atoms with van der Waals surface area (Å²) in [5.41, 5.74) is 1.85. The maximum absolute atomic E-state index is 12.6. The van der Waals surface area contributed by atoms with Gasteiger partial charge in [0.15, 0.2) is 0 Å². The number of nitrogens with one attached hydrogen (secondary N) is 1. The van der Waals surface area contributed by atoms with Crippen LogP contribution in [0.5, 0.6) is 0 Å². The number of amides is 1. The monoisotopic (exact) mass is 310 g/mol. The Hall–Kier alpha value is -2.36. The summed E-state index contributed by atoms with van der Waals surface area (Å²) in [6.07, 6.45) is 1.94. The number of nitrogens with zero attached hydrogens (tertiary/aromatic N) is 1. The molecule has 1 aliphatic heterocycles. The summed E-state index contributed by atoms with van der Waals surface area (Å²) >= 11 is 0. The maximum Gasteiger partial charge on any atom is 0.261 e. The third-order valence-corrected chi connectivity index (χ3v) is 4.63. The van der Waals surface area contributed by atoms with Crippen LogP contribution in [0, 0.1) is 5.41 Å². The molecular weight excluding hydrogens is 288 g/mol. The minimum Gasteiger partial charge on any atom is -0.338 e. The molecule has 3 rings (SSSR count). The molecule has 1 aromatic carbocycles.